The molecule has 0 bridgehead atoms. The number of sulfonamides is 1. The van der Waals surface area contributed by atoms with Crippen LogP contribution in [0.2, 0.25) is 0 Å². The van der Waals surface area contributed by atoms with Crippen LogP contribution in [-0.2, 0) is 14.8 Å². The largest absolute Gasteiger partial charge is 0.381 e. The molecule has 5 rings (SSSR count). The van der Waals surface area contributed by atoms with Crippen LogP contribution in [0.15, 0.2) is 94.7 Å². The Kier molecular flexibility index (Phi) is 7.33. The molecule has 0 spiro atoms. The molecule has 5 aromatic rings. The number of anilines is 2. The van der Waals surface area contributed by atoms with Gasteiger partial charge >= 0.3 is 5.69 Å². The molecule has 2 aromatic heterocycles. The first-order valence-electron chi connectivity index (χ1n) is 12.2. The van der Waals surface area contributed by atoms with E-state index in [9.17, 15) is 22.8 Å². The molecule has 0 aliphatic heterocycles. The second-order valence-electron chi connectivity index (χ2n) is 8.94. The highest BCUT2D eigenvalue weighted by atomic mass is 32.2. The zero-order chi connectivity index (χ0) is 29.1. The summed E-state index contributed by atoms with van der Waals surface area (Å²) in [6.07, 6.45) is 1.56. The fourth-order valence-corrected chi connectivity index (χ4v) is 4.53. The number of nitrogen functional groups attached to an aromatic ring is 1. The van der Waals surface area contributed by atoms with E-state index >= 15 is 0 Å². The first-order chi connectivity index (χ1) is 19.6. The van der Waals surface area contributed by atoms with Gasteiger partial charge in [-0.3, -0.25) is 9.59 Å². The molecule has 0 fully saturated rings. The number of nitrogens with two attached hydrogens (primary N) is 2. The quantitative estimate of drug-likeness (QED) is 0.215. The molecule has 0 radical (unpaired) electrons. The van der Waals surface area contributed by atoms with E-state index < -0.39 is 21.6 Å². The van der Waals surface area contributed by atoms with Crippen molar-refractivity contribution in [2.75, 3.05) is 17.6 Å². The third-order valence-electron chi connectivity index (χ3n) is 6.08. The van der Waals surface area contributed by atoms with Crippen LogP contribution in [-0.4, -0.2) is 45.9 Å². The Morgan fingerprint density at radius 1 is 0.927 bits per heavy atom. The van der Waals surface area contributed by atoms with Gasteiger partial charge in [0.15, 0.2) is 5.82 Å². The molecule has 0 saturated carbocycles. The summed E-state index contributed by atoms with van der Waals surface area (Å²) < 4.78 is 25.2. The number of fused-ring (bicyclic) bond motifs is 1. The van der Waals surface area contributed by atoms with Gasteiger partial charge in [-0.05, 0) is 48.5 Å². The van der Waals surface area contributed by atoms with Gasteiger partial charge in [0.25, 0.3) is 5.91 Å². The Balaban J connectivity index is 1.21. The van der Waals surface area contributed by atoms with Gasteiger partial charge in [-0.15, -0.1) is 5.10 Å². The molecule has 14 heteroatoms. The van der Waals surface area contributed by atoms with E-state index in [1.807, 2.05) is 6.07 Å². The lowest BCUT2D eigenvalue weighted by Crippen LogP contribution is -2.27. The summed E-state index contributed by atoms with van der Waals surface area (Å²) in [5, 5.41) is 14.7. The predicted octanol–water partition coefficient (Wildman–Crippen LogP) is 1.54. The molecule has 3 aromatic carbocycles. The zero-order valence-electron chi connectivity index (χ0n) is 21.4. The molecule has 0 aliphatic carbocycles. The third kappa shape index (κ3) is 5.98. The number of carbonyl (C=O) groups is 2. The van der Waals surface area contributed by atoms with Gasteiger partial charge in [-0.25, -0.2) is 27.7 Å². The van der Waals surface area contributed by atoms with Crippen molar-refractivity contribution in [2.24, 2.45) is 5.14 Å². The number of nitrogens with zero attached hydrogens (tertiary/aromatic N) is 4. The third-order valence-corrected chi connectivity index (χ3v) is 7.01. The van der Waals surface area contributed by atoms with Crippen LogP contribution < -0.4 is 27.2 Å². The van der Waals surface area contributed by atoms with E-state index in [0.717, 1.165) is 0 Å². The normalized spacial score (nSPS) is 11.3. The highest BCUT2D eigenvalue weighted by Crippen LogP contribution is 2.22. The first-order valence-corrected chi connectivity index (χ1v) is 13.8. The summed E-state index contributed by atoms with van der Waals surface area (Å²) in [4.78, 5) is 41.9. The Morgan fingerprint density at radius 3 is 2.27 bits per heavy atom. The Bertz CT molecular complexity index is 1920. The summed E-state index contributed by atoms with van der Waals surface area (Å²) in [5.41, 5.74) is 8.42. The minimum absolute atomic E-state index is 0.00579. The van der Waals surface area contributed by atoms with Crippen molar-refractivity contribution in [1.82, 2.24) is 24.5 Å². The van der Waals surface area contributed by atoms with Crippen molar-refractivity contribution in [3.05, 3.63) is 101 Å². The van der Waals surface area contributed by atoms with Gasteiger partial charge in [-0.2, -0.15) is 4.68 Å². The van der Waals surface area contributed by atoms with Gasteiger partial charge in [0.2, 0.25) is 21.6 Å². The molecule has 41 heavy (non-hydrogen) atoms. The topological polar surface area (TPSA) is 197 Å². The van der Waals surface area contributed by atoms with E-state index in [0.29, 0.717) is 22.6 Å². The molecular weight excluding hydrogens is 548 g/mol. The molecule has 0 saturated heterocycles. The molecule has 2 amide bonds. The van der Waals surface area contributed by atoms with E-state index in [-0.39, 0.29) is 40.8 Å². The Morgan fingerprint density at radius 2 is 1.61 bits per heavy atom. The monoisotopic (exact) mass is 572 g/mol. The van der Waals surface area contributed by atoms with Gasteiger partial charge in [-0.1, -0.05) is 30.3 Å². The summed E-state index contributed by atoms with van der Waals surface area (Å²) in [5.74, 6) is -0.694. The number of aromatic nitrogens is 4. The van der Waals surface area contributed by atoms with Crippen molar-refractivity contribution < 1.29 is 18.0 Å². The van der Waals surface area contributed by atoms with Crippen molar-refractivity contribution in [2.45, 2.75) is 11.3 Å². The smallest absolute Gasteiger partial charge is 0.355 e. The van der Waals surface area contributed by atoms with Crippen molar-refractivity contribution in [1.29, 1.82) is 0 Å². The average molecular weight is 573 g/mol. The molecule has 2 heterocycles. The SMILES string of the molecule is Nc1nc(-c2ccc(NC(=O)CCNC(=O)c3ccc(S(N)(=O)=O)cc3)cc2)cn2c(=O)n(-c3ccccc3)nc12. The molecule has 6 N–H and O–H groups in total. The fourth-order valence-electron chi connectivity index (χ4n) is 4.01. The van der Waals surface area contributed by atoms with Crippen LogP contribution in [0.1, 0.15) is 16.8 Å². The van der Waals surface area contributed by atoms with E-state index in [1.54, 1.807) is 54.7 Å². The predicted molar refractivity (Wildman–Crippen MR) is 152 cm³/mol. The maximum atomic E-state index is 13.0. The molecule has 0 atom stereocenters. The lowest BCUT2D eigenvalue weighted by molar-refractivity contribution is -0.116. The standard InChI is InChI=1S/C27H24N8O5S/c28-24-25-33-35(20-4-2-1-3-5-20)27(38)34(25)16-22(32-24)17-6-10-19(11-7-17)31-23(36)14-15-30-26(37)18-8-12-21(13-9-18)41(29,39)40/h1-13,16H,14-15H2,(H2,28,32)(H,30,37)(H,31,36)(H2,29,39,40). The van der Waals surface area contributed by atoms with Crippen LogP contribution in [0.5, 0.6) is 0 Å². The fraction of sp³-hybridized carbons (Fsp3) is 0.0741. The second kappa shape index (κ2) is 11.0. The number of hydrogen-bond donors (Lipinski definition) is 4. The van der Waals surface area contributed by atoms with Crippen LogP contribution in [0, 0.1) is 0 Å². The summed E-state index contributed by atoms with van der Waals surface area (Å²) in [7, 11) is -3.85. The van der Waals surface area contributed by atoms with E-state index in [4.69, 9.17) is 10.9 Å². The number of primary sulfonamides is 1. The number of nitrogens with one attached hydrogen (secondary N) is 2. The van der Waals surface area contributed by atoms with Crippen LogP contribution in [0.25, 0.3) is 22.6 Å². The summed E-state index contributed by atoms with van der Waals surface area (Å²) in [6, 6.07) is 20.9. The van der Waals surface area contributed by atoms with Gasteiger partial charge in [0.05, 0.1) is 16.3 Å². The summed E-state index contributed by atoms with van der Waals surface area (Å²) in [6.45, 7) is 0.0638. The Hall–Kier alpha value is -5.34. The van der Waals surface area contributed by atoms with Crippen molar-refractivity contribution in [3.63, 3.8) is 0 Å². The molecule has 208 valence electrons. The highest BCUT2D eigenvalue weighted by Gasteiger charge is 2.15. The Labute approximate surface area is 233 Å². The number of rotatable bonds is 8. The number of carbonyl (C=O) groups excluding carboxylic acids is 2. The van der Waals surface area contributed by atoms with Gasteiger partial charge in [0, 0.05) is 36.0 Å². The van der Waals surface area contributed by atoms with Crippen molar-refractivity contribution in [3.8, 4) is 16.9 Å². The molecular formula is C27H24N8O5S. The lowest BCUT2D eigenvalue weighted by Gasteiger charge is -2.08. The molecule has 13 nitrogen and oxygen atoms in total. The maximum Gasteiger partial charge on any atom is 0.355 e. The molecule has 0 unspecified atom stereocenters. The van der Waals surface area contributed by atoms with E-state index in [2.05, 4.69) is 20.7 Å². The number of benzene rings is 3. The second-order valence-corrected chi connectivity index (χ2v) is 10.5. The lowest BCUT2D eigenvalue weighted by atomic mass is 10.1. The van der Waals surface area contributed by atoms with Gasteiger partial charge < -0.3 is 16.4 Å². The number of para-hydroxylation sites is 1. The van der Waals surface area contributed by atoms with Crippen molar-refractivity contribution >= 4 is 39.0 Å². The molecule has 0 aliphatic rings. The van der Waals surface area contributed by atoms with E-state index in [1.165, 1.54) is 33.3 Å². The van der Waals surface area contributed by atoms with Crippen LogP contribution in [0.3, 0.4) is 0 Å². The van der Waals surface area contributed by atoms with Crippen LogP contribution >= 0.6 is 0 Å². The number of amides is 2. The first kappa shape index (κ1) is 27.2. The minimum atomic E-state index is -3.85. The maximum absolute atomic E-state index is 13.0. The number of hydrogen-bond acceptors (Lipinski definition) is 8. The van der Waals surface area contributed by atoms with Gasteiger partial charge in [0.1, 0.15) is 0 Å². The van der Waals surface area contributed by atoms with Crippen LogP contribution in [0.4, 0.5) is 11.5 Å². The minimum Gasteiger partial charge on any atom is -0.381 e. The summed E-state index contributed by atoms with van der Waals surface area (Å²) >= 11 is 0. The average Bonchev–Trinajstić information content (AvgIpc) is 3.30. The highest BCUT2D eigenvalue weighted by molar-refractivity contribution is 7.89. The zero-order valence-corrected chi connectivity index (χ0v) is 22.2.